The first-order chi connectivity index (χ1) is 18.6. The van der Waals surface area contributed by atoms with E-state index in [4.69, 9.17) is 0 Å². The summed E-state index contributed by atoms with van der Waals surface area (Å²) in [4.78, 5) is 33.4. The summed E-state index contributed by atoms with van der Waals surface area (Å²) in [6.07, 6.45) is 1.16. The molecule has 0 radical (unpaired) electrons. The lowest BCUT2D eigenvalue weighted by atomic mass is 9.93. The number of halogens is 3. The summed E-state index contributed by atoms with van der Waals surface area (Å²) in [5.41, 5.74) is 3.45. The van der Waals surface area contributed by atoms with E-state index < -0.39 is 11.7 Å². The number of thioether (sulfide) groups is 1. The van der Waals surface area contributed by atoms with Crippen LogP contribution in [0.5, 0.6) is 0 Å². The van der Waals surface area contributed by atoms with Crippen molar-refractivity contribution in [3.8, 4) is 0 Å². The van der Waals surface area contributed by atoms with Crippen LogP contribution in [0.15, 0.2) is 47.4 Å². The molecule has 2 heterocycles. The molecule has 2 amide bonds. The van der Waals surface area contributed by atoms with Gasteiger partial charge in [0.15, 0.2) is 0 Å². The molecule has 9 heteroatoms. The number of rotatable bonds is 4. The summed E-state index contributed by atoms with van der Waals surface area (Å²) in [6, 6.07) is 11.3. The highest BCUT2D eigenvalue weighted by Gasteiger charge is 2.42. The Morgan fingerprint density at radius 2 is 1.69 bits per heavy atom. The molecule has 39 heavy (non-hydrogen) atoms. The van der Waals surface area contributed by atoms with Gasteiger partial charge in [0.25, 0.3) is 5.91 Å². The second kappa shape index (κ2) is 11.3. The van der Waals surface area contributed by atoms with E-state index >= 15 is 0 Å². The molecule has 2 unspecified atom stereocenters. The van der Waals surface area contributed by atoms with E-state index in [0.29, 0.717) is 23.6 Å². The number of hydrogen-bond donors (Lipinski definition) is 0. The van der Waals surface area contributed by atoms with Crippen molar-refractivity contribution in [1.82, 2.24) is 9.80 Å². The minimum absolute atomic E-state index is 0.00110. The molecule has 0 bridgehead atoms. The summed E-state index contributed by atoms with van der Waals surface area (Å²) in [6.45, 7) is 6.90. The first-order valence-corrected chi connectivity index (χ1v) is 14.4. The molecule has 3 aliphatic rings. The number of carbonyl (C=O) groups is 2. The summed E-state index contributed by atoms with van der Waals surface area (Å²) in [5.74, 6) is -0.250. The van der Waals surface area contributed by atoms with Gasteiger partial charge in [-0.05, 0) is 67.7 Å². The molecule has 2 aromatic rings. The van der Waals surface area contributed by atoms with E-state index in [-0.39, 0.29) is 29.7 Å². The Morgan fingerprint density at radius 3 is 2.38 bits per heavy atom. The molecular formula is C30H34F3N3O2S. The van der Waals surface area contributed by atoms with Gasteiger partial charge in [0.1, 0.15) is 6.54 Å². The van der Waals surface area contributed by atoms with Gasteiger partial charge in [-0.3, -0.25) is 9.59 Å². The molecule has 0 spiro atoms. The van der Waals surface area contributed by atoms with E-state index in [9.17, 15) is 22.8 Å². The molecule has 5 rings (SSSR count). The van der Waals surface area contributed by atoms with Crippen molar-refractivity contribution in [3.05, 3.63) is 69.6 Å². The molecule has 1 saturated carbocycles. The number of piperazine rings is 1. The second-order valence-electron chi connectivity index (χ2n) is 10.7. The molecule has 1 aliphatic carbocycles. The summed E-state index contributed by atoms with van der Waals surface area (Å²) >= 11 is 1.51. The third-order valence-corrected chi connectivity index (χ3v) is 9.40. The smallest absolute Gasteiger partial charge is 0.368 e. The Kier molecular flexibility index (Phi) is 7.99. The number of benzene rings is 2. The Labute approximate surface area is 232 Å². The third-order valence-electron chi connectivity index (χ3n) is 8.00. The molecule has 2 atom stereocenters. The molecule has 2 aromatic carbocycles. The number of carbonyl (C=O) groups excluding carboxylic acids is 2. The minimum atomic E-state index is -4.40. The highest BCUT2D eigenvalue weighted by atomic mass is 32.2. The second-order valence-corrected chi connectivity index (χ2v) is 12.0. The minimum Gasteiger partial charge on any atom is -0.368 e. The van der Waals surface area contributed by atoms with E-state index in [1.54, 1.807) is 11.0 Å². The van der Waals surface area contributed by atoms with Crippen molar-refractivity contribution in [2.75, 3.05) is 37.6 Å². The normalized spacial score (nSPS) is 23.3. The molecule has 208 valence electrons. The molecule has 3 fully saturated rings. The van der Waals surface area contributed by atoms with Gasteiger partial charge in [-0.25, -0.2) is 0 Å². The quantitative estimate of drug-likeness (QED) is 0.440. The van der Waals surface area contributed by atoms with Crippen LogP contribution in [0.3, 0.4) is 0 Å². The highest BCUT2D eigenvalue weighted by Crippen LogP contribution is 2.42. The zero-order valence-corrected chi connectivity index (χ0v) is 23.2. The van der Waals surface area contributed by atoms with Gasteiger partial charge < -0.3 is 14.7 Å². The zero-order valence-electron chi connectivity index (χ0n) is 22.3. The largest absolute Gasteiger partial charge is 0.416 e. The summed E-state index contributed by atoms with van der Waals surface area (Å²) < 4.78 is 38.9. The van der Waals surface area contributed by atoms with Crippen molar-refractivity contribution in [2.24, 2.45) is 0 Å². The van der Waals surface area contributed by atoms with Crippen LogP contribution in [-0.4, -0.2) is 65.6 Å². The van der Waals surface area contributed by atoms with E-state index in [0.717, 1.165) is 50.9 Å². The lowest BCUT2D eigenvalue weighted by molar-refractivity contribution is -0.140. The molecule has 2 saturated heterocycles. The third kappa shape index (κ3) is 6.13. The monoisotopic (exact) mass is 557 g/mol. The number of amides is 2. The fourth-order valence-corrected chi connectivity index (χ4v) is 7.26. The van der Waals surface area contributed by atoms with Crippen molar-refractivity contribution in [2.45, 2.75) is 57.0 Å². The zero-order chi connectivity index (χ0) is 27.7. The van der Waals surface area contributed by atoms with Crippen LogP contribution in [0.4, 0.5) is 18.9 Å². The lowest BCUT2D eigenvalue weighted by Gasteiger charge is -2.45. The van der Waals surface area contributed by atoms with E-state index in [1.165, 1.54) is 40.7 Å². The fraction of sp³-hybridized carbons (Fsp3) is 0.467. The Hall–Kier alpha value is -2.94. The number of alkyl halides is 3. The van der Waals surface area contributed by atoms with Crippen LogP contribution < -0.4 is 4.90 Å². The summed E-state index contributed by atoms with van der Waals surface area (Å²) in [7, 11) is 0. The van der Waals surface area contributed by atoms with Gasteiger partial charge in [-0.1, -0.05) is 37.1 Å². The van der Waals surface area contributed by atoms with Crippen LogP contribution in [0.2, 0.25) is 0 Å². The standard InChI is InChI=1S/C30H34F3N3O2S/c1-20-7-8-21(2)25(17-20)34-13-15-35(16-14-34)28(37)19-36-24-5-3-4-6-26(24)39-27(29(36)38)18-22-9-11-23(12-10-22)30(31,32)33/h7-12,17-18,24,26H,3-6,13-16,19H2,1-2H3/b27-18+. The average molecular weight is 558 g/mol. The SMILES string of the molecule is Cc1ccc(C)c(N2CCN(C(=O)CN3C(=O)/C(=C\c4ccc(C(F)(F)F)cc4)SC4CCCCC43)CC2)c1. The highest BCUT2D eigenvalue weighted by molar-refractivity contribution is 8.04. The van der Waals surface area contributed by atoms with Gasteiger partial charge in [0.05, 0.1) is 10.5 Å². The Balaban J connectivity index is 1.28. The number of nitrogens with zero attached hydrogens (tertiary/aromatic N) is 3. The van der Waals surface area contributed by atoms with E-state index in [1.807, 2.05) is 4.90 Å². The predicted molar refractivity (Wildman–Crippen MR) is 149 cm³/mol. The van der Waals surface area contributed by atoms with Gasteiger partial charge in [0, 0.05) is 43.2 Å². The van der Waals surface area contributed by atoms with Gasteiger partial charge in [0.2, 0.25) is 5.91 Å². The molecule has 5 nitrogen and oxygen atoms in total. The van der Waals surface area contributed by atoms with Crippen LogP contribution in [0.1, 0.15) is 47.9 Å². The molecule has 2 aliphatic heterocycles. The van der Waals surface area contributed by atoms with Crippen LogP contribution in [0, 0.1) is 13.8 Å². The number of anilines is 1. The van der Waals surface area contributed by atoms with Gasteiger partial charge in [-0.2, -0.15) is 13.2 Å². The Bertz CT molecular complexity index is 1250. The van der Waals surface area contributed by atoms with Gasteiger partial charge >= 0.3 is 6.18 Å². The molecule has 0 N–H and O–H groups in total. The number of hydrogen-bond acceptors (Lipinski definition) is 4. The van der Waals surface area contributed by atoms with Gasteiger partial charge in [-0.15, -0.1) is 11.8 Å². The number of aryl methyl sites for hydroxylation is 2. The first-order valence-electron chi connectivity index (χ1n) is 13.6. The fourth-order valence-electron chi connectivity index (χ4n) is 5.78. The predicted octanol–water partition coefficient (Wildman–Crippen LogP) is 5.90. The molecular weight excluding hydrogens is 523 g/mol. The Morgan fingerprint density at radius 1 is 1.00 bits per heavy atom. The number of fused-ring (bicyclic) bond motifs is 1. The van der Waals surface area contributed by atoms with Crippen LogP contribution in [0.25, 0.3) is 6.08 Å². The maximum atomic E-state index is 13.6. The van der Waals surface area contributed by atoms with Crippen molar-refractivity contribution in [1.29, 1.82) is 0 Å². The first kappa shape index (κ1) is 27.6. The maximum absolute atomic E-state index is 13.6. The van der Waals surface area contributed by atoms with Crippen LogP contribution in [-0.2, 0) is 15.8 Å². The topological polar surface area (TPSA) is 43.9 Å². The van der Waals surface area contributed by atoms with E-state index in [2.05, 4.69) is 36.9 Å². The van der Waals surface area contributed by atoms with Crippen molar-refractivity contribution >= 4 is 35.3 Å². The summed E-state index contributed by atoms with van der Waals surface area (Å²) in [5, 5.41) is 0.186. The van der Waals surface area contributed by atoms with Crippen LogP contribution >= 0.6 is 11.8 Å². The lowest BCUT2D eigenvalue weighted by Crippen LogP contribution is -2.57. The maximum Gasteiger partial charge on any atom is 0.416 e. The van der Waals surface area contributed by atoms with Crippen molar-refractivity contribution < 1.29 is 22.8 Å². The average Bonchev–Trinajstić information content (AvgIpc) is 2.92. The molecule has 0 aromatic heterocycles. The van der Waals surface area contributed by atoms with Crippen molar-refractivity contribution in [3.63, 3.8) is 0 Å².